The first-order valence-electron chi connectivity index (χ1n) is 8.50. The predicted octanol–water partition coefficient (Wildman–Crippen LogP) is 4.65. The maximum atomic E-state index is 12.7. The van der Waals surface area contributed by atoms with E-state index >= 15 is 0 Å². The minimum atomic E-state index is -0.780. The lowest BCUT2D eigenvalue weighted by atomic mass is 10.1. The number of phenolic OH excluding ortho intramolecular Hbond substituents is 1. The lowest BCUT2D eigenvalue weighted by molar-refractivity contribution is 0.0317. The highest BCUT2D eigenvalue weighted by molar-refractivity contribution is 7.18. The van der Waals surface area contributed by atoms with Crippen molar-refractivity contribution in [3.63, 3.8) is 0 Å². The first kappa shape index (κ1) is 18.4. The van der Waals surface area contributed by atoms with Gasteiger partial charge in [-0.15, -0.1) is 22.7 Å². The minimum Gasteiger partial charge on any atom is -0.507 e. The first-order valence-corrected chi connectivity index (χ1v) is 10.3. The zero-order chi connectivity index (χ0) is 19.8. The van der Waals surface area contributed by atoms with Crippen LogP contribution < -0.4 is 5.56 Å². The number of nitrogens with one attached hydrogen (secondary N) is 1. The number of hydrogen-bond donors (Lipinski definition) is 2. The molecule has 0 saturated carbocycles. The summed E-state index contributed by atoms with van der Waals surface area (Å²) in [7, 11) is 0. The number of fused-ring (bicyclic) bond motifs is 1. The van der Waals surface area contributed by atoms with Crippen LogP contribution in [0.25, 0.3) is 20.7 Å². The lowest BCUT2D eigenvalue weighted by Gasteiger charge is -2.13. The van der Waals surface area contributed by atoms with Crippen molar-refractivity contribution in [2.24, 2.45) is 0 Å². The van der Waals surface area contributed by atoms with E-state index in [9.17, 15) is 14.7 Å². The van der Waals surface area contributed by atoms with Gasteiger partial charge in [-0.3, -0.25) is 4.79 Å². The fraction of sp³-hybridized carbons (Fsp3) is 0.150. The molecule has 3 aromatic heterocycles. The number of aryl methyl sites for hydroxylation is 1. The quantitative estimate of drug-likeness (QED) is 0.476. The van der Waals surface area contributed by atoms with E-state index in [4.69, 9.17) is 4.74 Å². The molecular formula is C20H16N2O4S2. The lowest BCUT2D eigenvalue weighted by Crippen LogP contribution is -2.17. The number of H-pyrrole nitrogens is 1. The second-order valence-corrected chi connectivity index (χ2v) is 8.13. The zero-order valence-corrected chi connectivity index (χ0v) is 16.7. The summed E-state index contributed by atoms with van der Waals surface area (Å²) in [5.74, 6) is -0.566. The van der Waals surface area contributed by atoms with Crippen LogP contribution in [-0.4, -0.2) is 21.0 Å². The molecule has 0 saturated heterocycles. The maximum Gasteiger partial charge on any atom is 0.342 e. The molecule has 1 aromatic carbocycles. The summed E-state index contributed by atoms with van der Waals surface area (Å²) in [4.78, 5) is 33.8. The number of benzene rings is 1. The molecule has 0 radical (unpaired) electrons. The van der Waals surface area contributed by atoms with Gasteiger partial charge >= 0.3 is 5.97 Å². The van der Waals surface area contributed by atoms with Gasteiger partial charge in [0.25, 0.3) is 5.56 Å². The Labute approximate surface area is 168 Å². The summed E-state index contributed by atoms with van der Waals surface area (Å²) in [6, 6.07) is 8.60. The Morgan fingerprint density at radius 1 is 1.29 bits per heavy atom. The topological polar surface area (TPSA) is 92.3 Å². The molecule has 142 valence electrons. The van der Waals surface area contributed by atoms with Crippen LogP contribution in [0.2, 0.25) is 0 Å². The molecule has 0 bridgehead atoms. The van der Waals surface area contributed by atoms with Crippen molar-refractivity contribution in [1.82, 2.24) is 9.97 Å². The molecule has 4 rings (SSSR count). The summed E-state index contributed by atoms with van der Waals surface area (Å²) >= 11 is 2.93. The summed E-state index contributed by atoms with van der Waals surface area (Å²) < 4.78 is 5.40. The highest BCUT2D eigenvalue weighted by Gasteiger charge is 2.21. The van der Waals surface area contributed by atoms with Crippen molar-refractivity contribution in [3.8, 4) is 16.2 Å². The molecule has 4 aromatic rings. The van der Waals surface area contributed by atoms with E-state index in [2.05, 4.69) is 9.97 Å². The average Bonchev–Trinajstić information content (AvgIpc) is 3.30. The van der Waals surface area contributed by atoms with Crippen molar-refractivity contribution < 1.29 is 14.6 Å². The van der Waals surface area contributed by atoms with Gasteiger partial charge in [-0.2, -0.15) is 0 Å². The standard InChI is InChI=1S/C20H16N2O4S2/c1-10-5-6-12(14(23)8-10)20(25)26-11(2)17-21-18(24)16-13(9-28-19(16)22-17)15-4-3-7-27-15/h3-9,11,23H,1-2H3,(H,21,22,24)/t11-/m1/s1. The predicted molar refractivity (Wildman–Crippen MR) is 110 cm³/mol. The second kappa shape index (κ2) is 7.21. The Morgan fingerprint density at radius 2 is 2.11 bits per heavy atom. The van der Waals surface area contributed by atoms with E-state index in [1.54, 1.807) is 24.3 Å². The van der Waals surface area contributed by atoms with E-state index in [-0.39, 0.29) is 22.7 Å². The smallest absolute Gasteiger partial charge is 0.342 e. The molecule has 3 heterocycles. The van der Waals surface area contributed by atoms with Crippen LogP contribution in [0, 0.1) is 6.92 Å². The Balaban J connectivity index is 1.64. The summed E-state index contributed by atoms with van der Waals surface area (Å²) in [5, 5.41) is 14.3. The number of nitrogens with zero attached hydrogens (tertiary/aromatic N) is 1. The molecule has 28 heavy (non-hydrogen) atoms. The molecule has 8 heteroatoms. The fourth-order valence-corrected chi connectivity index (χ4v) is 4.63. The zero-order valence-electron chi connectivity index (χ0n) is 15.1. The van der Waals surface area contributed by atoms with Crippen LogP contribution in [0.5, 0.6) is 5.75 Å². The van der Waals surface area contributed by atoms with Gasteiger partial charge in [0, 0.05) is 15.8 Å². The number of rotatable bonds is 4. The van der Waals surface area contributed by atoms with Gasteiger partial charge in [0.15, 0.2) is 11.9 Å². The monoisotopic (exact) mass is 412 g/mol. The van der Waals surface area contributed by atoms with Gasteiger partial charge in [-0.25, -0.2) is 9.78 Å². The van der Waals surface area contributed by atoms with E-state index in [1.807, 2.05) is 29.8 Å². The van der Waals surface area contributed by atoms with Gasteiger partial charge in [-0.05, 0) is 43.0 Å². The van der Waals surface area contributed by atoms with Crippen LogP contribution in [-0.2, 0) is 4.74 Å². The molecule has 0 aliphatic heterocycles. The van der Waals surface area contributed by atoms with Crippen LogP contribution in [0.4, 0.5) is 0 Å². The SMILES string of the molecule is Cc1ccc(C(=O)O[C@H](C)c2nc3scc(-c4cccs4)c3c(=O)[nH]2)c(O)c1. The van der Waals surface area contributed by atoms with Crippen molar-refractivity contribution in [2.75, 3.05) is 0 Å². The molecule has 2 N–H and O–H groups in total. The van der Waals surface area contributed by atoms with Crippen LogP contribution in [0.3, 0.4) is 0 Å². The van der Waals surface area contributed by atoms with Gasteiger partial charge in [0.1, 0.15) is 16.1 Å². The number of aromatic nitrogens is 2. The number of esters is 1. The highest BCUT2D eigenvalue weighted by Crippen LogP contribution is 2.34. The van der Waals surface area contributed by atoms with Gasteiger partial charge < -0.3 is 14.8 Å². The number of carbonyl (C=O) groups excluding carboxylic acids is 1. The molecule has 1 atom stereocenters. The van der Waals surface area contributed by atoms with E-state index < -0.39 is 12.1 Å². The second-order valence-electron chi connectivity index (χ2n) is 6.33. The Morgan fingerprint density at radius 3 is 2.82 bits per heavy atom. The van der Waals surface area contributed by atoms with Crippen molar-refractivity contribution in [2.45, 2.75) is 20.0 Å². The molecule has 0 amide bonds. The minimum absolute atomic E-state index is 0.0666. The summed E-state index contributed by atoms with van der Waals surface area (Å²) in [6.07, 6.45) is -0.780. The Hall–Kier alpha value is -2.97. The molecule has 0 aliphatic carbocycles. The third kappa shape index (κ3) is 3.32. The summed E-state index contributed by atoms with van der Waals surface area (Å²) in [6.45, 7) is 3.44. The molecule has 0 unspecified atom stereocenters. The molecule has 0 spiro atoms. The molecule has 0 aliphatic rings. The molecule has 6 nitrogen and oxygen atoms in total. The van der Waals surface area contributed by atoms with Crippen LogP contribution >= 0.6 is 22.7 Å². The van der Waals surface area contributed by atoms with E-state index in [1.165, 1.54) is 23.5 Å². The number of ether oxygens (including phenoxy) is 1. The van der Waals surface area contributed by atoms with Crippen molar-refractivity contribution >= 4 is 38.9 Å². The maximum absolute atomic E-state index is 12.7. The first-order chi connectivity index (χ1) is 13.4. The third-order valence-electron chi connectivity index (χ3n) is 4.29. The highest BCUT2D eigenvalue weighted by atomic mass is 32.1. The van der Waals surface area contributed by atoms with Crippen LogP contribution in [0.1, 0.15) is 34.8 Å². The van der Waals surface area contributed by atoms with Crippen LogP contribution in [0.15, 0.2) is 45.9 Å². The third-order valence-corrected chi connectivity index (χ3v) is 6.07. The van der Waals surface area contributed by atoms with Gasteiger partial charge in [-0.1, -0.05) is 12.1 Å². The molecular weight excluding hydrogens is 396 g/mol. The molecule has 0 fully saturated rings. The Bertz CT molecular complexity index is 1220. The fourth-order valence-electron chi connectivity index (χ4n) is 2.87. The average molecular weight is 412 g/mol. The van der Waals surface area contributed by atoms with Crippen molar-refractivity contribution in [1.29, 1.82) is 0 Å². The largest absolute Gasteiger partial charge is 0.507 e. The van der Waals surface area contributed by atoms with Gasteiger partial charge in [0.2, 0.25) is 0 Å². The normalized spacial score (nSPS) is 12.2. The number of thiophene rings is 2. The number of hydrogen-bond acceptors (Lipinski definition) is 7. The number of carbonyl (C=O) groups is 1. The number of aromatic amines is 1. The number of aromatic hydroxyl groups is 1. The summed E-state index contributed by atoms with van der Waals surface area (Å²) in [5.41, 5.74) is 1.48. The van der Waals surface area contributed by atoms with E-state index in [0.29, 0.717) is 10.2 Å². The number of phenols is 1. The van der Waals surface area contributed by atoms with Crippen molar-refractivity contribution in [3.05, 3.63) is 68.4 Å². The van der Waals surface area contributed by atoms with Gasteiger partial charge in [0.05, 0.1) is 5.39 Å². The van der Waals surface area contributed by atoms with E-state index in [0.717, 1.165) is 16.0 Å². The Kier molecular flexibility index (Phi) is 4.74.